The highest BCUT2D eigenvalue weighted by Crippen LogP contribution is 2.08. The monoisotopic (exact) mass is 422 g/mol. The lowest BCUT2D eigenvalue weighted by atomic mass is 10.1. The summed E-state index contributed by atoms with van der Waals surface area (Å²) in [6, 6.07) is 0. The fourth-order valence-corrected chi connectivity index (χ4v) is 2.92. The van der Waals surface area contributed by atoms with E-state index in [-0.39, 0.29) is 17.0 Å². The third-order valence-corrected chi connectivity index (χ3v) is 4.38. The number of hydrogen-bond acceptors (Lipinski definition) is 0. The fourth-order valence-electron chi connectivity index (χ4n) is 2.52. The average Bonchev–Trinajstić information content (AvgIpc) is 2.90. The molecular weight excluding hydrogens is 392 g/mol. The van der Waals surface area contributed by atoms with E-state index in [9.17, 15) is 0 Å². The van der Waals surface area contributed by atoms with Gasteiger partial charge in [0.1, 0.15) is 12.4 Å². The van der Waals surface area contributed by atoms with Gasteiger partial charge in [0.15, 0.2) is 0 Å². The second-order valence-electron chi connectivity index (χ2n) is 5.76. The van der Waals surface area contributed by atoms with Gasteiger partial charge in [0.05, 0.1) is 13.1 Å². The lowest BCUT2D eigenvalue weighted by Gasteiger charge is -2.00. The number of unbranched alkanes of at least 4 members (excludes halogenated alkanes) is 8. The van der Waals surface area contributed by atoms with Gasteiger partial charge in [-0.25, -0.2) is 9.13 Å². The first-order chi connectivity index (χ1) is 9.86. The van der Waals surface area contributed by atoms with Crippen molar-refractivity contribution in [3.8, 4) is 0 Å². The van der Waals surface area contributed by atoms with Crippen LogP contribution in [0.3, 0.4) is 0 Å². The Balaban J connectivity index is 0.00000400. The molecule has 0 radical (unpaired) electrons. The highest BCUT2D eigenvalue weighted by Gasteiger charge is 2.03. The Labute approximate surface area is 150 Å². The van der Waals surface area contributed by atoms with Crippen molar-refractivity contribution in [2.24, 2.45) is 0 Å². The summed E-state index contributed by atoms with van der Waals surface area (Å²) in [5.41, 5.74) is 0. The molecule has 0 aliphatic heterocycles. The summed E-state index contributed by atoms with van der Waals surface area (Å²) in [5.74, 6) is 0. The highest BCUT2D eigenvalue weighted by atomic mass is 79.9. The Bertz CT molecular complexity index is 326. The third-order valence-electron chi connectivity index (χ3n) is 3.82. The molecule has 1 aromatic rings. The zero-order valence-electron chi connectivity index (χ0n) is 13.6. The number of aryl methyl sites for hydroxylation is 2. The molecule has 0 aliphatic carbocycles. The molecular formula is C17H32Br2N2. The molecule has 0 bridgehead atoms. The topological polar surface area (TPSA) is 8.81 Å². The van der Waals surface area contributed by atoms with Gasteiger partial charge in [-0.1, -0.05) is 61.4 Å². The van der Waals surface area contributed by atoms with E-state index in [0.29, 0.717) is 0 Å². The van der Waals surface area contributed by atoms with Crippen LogP contribution >= 0.6 is 15.9 Å². The van der Waals surface area contributed by atoms with Crippen LogP contribution in [0.1, 0.15) is 71.1 Å². The van der Waals surface area contributed by atoms with E-state index in [0.717, 1.165) is 11.9 Å². The van der Waals surface area contributed by atoms with E-state index in [1.807, 2.05) is 0 Å². The van der Waals surface area contributed by atoms with Crippen molar-refractivity contribution in [3.63, 3.8) is 0 Å². The second-order valence-corrected chi connectivity index (χ2v) is 6.55. The van der Waals surface area contributed by atoms with E-state index in [2.05, 4.69) is 50.7 Å². The first-order valence-electron chi connectivity index (χ1n) is 8.47. The zero-order valence-corrected chi connectivity index (χ0v) is 16.7. The maximum absolute atomic E-state index is 3.48. The highest BCUT2D eigenvalue weighted by molar-refractivity contribution is 9.09. The average molecular weight is 424 g/mol. The van der Waals surface area contributed by atoms with E-state index >= 15 is 0 Å². The molecule has 4 heteroatoms. The first-order valence-corrected chi connectivity index (χ1v) is 9.59. The molecule has 0 amide bonds. The Morgan fingerprint density at radius 3 is 2.24 bits per heavy atom. The molecule has 0 spiro atoms. The van der Waals surface area contributed by atoms with Crippen LogP contribution in [0.4, 0.5) is 0 Å². The standard InChI is InChI=1S/C17H32BrN2.BrH/c1-2-3-4-5-6-7-8-10-13-19-15-16-20(17-19)14-11-9-12-18;/h15-17H,2-14H2,1H3;1H/q+1;/p-1. The predicted octanol–water partition coefficient (Wildman–Crippen LogP) is 2.10. The maximum atomic E-state index is 3.48. The van der Waals surface area contributed by atoms with Gasteiger partial charge >= 0.3 is 0 Å². The minimum Gasteiger partial charge on any atom is -1.00 e. The Morgan fingerprint density at radius 1 is 0.905 bits per heavy atom. The van der Waals surface area contributed by atoms with Gasteiger partial charge < -0.3 is 17.0 Å². The van der Waals surface area contributed by atoms with Crippen LogP contribution in [-0.2, 0) is 13.1 Å². The lowest BCUT2D eigenvalue weighted by Crippen LogP contribution is -3.00. The zero-order chi connectivity index (χ0) is 14.5. The van der Waals surface area contributed by atoms with Crippen LogP contribution in [0.15, 0.2) is 18.7 Å². The molecule has 0 N–H and O–H groups in total. The van der Waals surface area contributed by atoms with Crippen LogP contribution in [-0.4, -0.2) is 9.90 Å². The molecule has 1 aromatic heterocycles. The first kappa shape index (κ1) is 21.2. The van der Waals surface area contributed by atoms with Crippen molar-refractivity contribution in [2.75, 3.05) is 5.33 Å². The maximum Gasteiger partial charge on any atom is 0.243 e. The van der Waals surface area contributed by atoms with Crippen molar-refractivity contribution >= 4 is 15.9 Å². The Hall–Kier alpha value is 0.170. The molecule has 21 heavy (non-hydrogen) atoms. The molecule has 0 unspecified atom stereocenters. The Morgan fingerprint density at radius 2 is 1.57 bits per heavy atom. The minimum absolute atomic E-state index is 0. The van der Waals surface area contributed by atoms with Crippen molar-refractivity contribution in [3.05, 3.63) is 18.7 Å². The number of rotatable bonds is 13. The van der Waals surface area contributed by atoms with Gasteiger partial charge in [0.25, 0.3) is 0 Å². The quantitative estimate of drug-likeness (QED) is 0.261. The van der Waals surface area contributed by atoms with E-state index in [1.54, 1.807) is 0 Å². The summed E-state index contributed by atoms with van der Waals surface area (Å²) in [6.45, 7) is 4.61. The number of halogens is 2. The molecule has 0 aliphatic rings. The van der Waals surface area contributed by atoms with Crippen LogP contribution in [0.2, 0.25) is 0 Å². The van der Waals surface area contributed by atoms with Gasteiger partial charge in [0, 0.05) is 5.33 Å². The summed E-state index contributed by atoms with van der Waals surface area (Å²) in [4.78, 5) is 0. The smallest absolute Gasteiger partial charge is 0.243 e. The van der Waals surface area contributed by atoms with E-state index < -0.39 is 0 Å². The lowest BCUT2D eigenvalue weighted by molar-refractivity contribution is -0.696. The van der Waals surface area contributed by atoms with E-state index in [1.165, 1.54) is 70.8 Å². The van der Waals surface area contributed by atoms with Crippen molar-refractivity contribution in [2.45, 2.75) is 84.2 Å². The van der Waals surface area contributed by atoms with Crippen molar-refractivity contribution in [1.82, 2.24) is 4.57 Å². The SMILES string of the molecule is CCCCCCCCCC[n+]1ccn(CCCCBr)c1.[Br-]. The van der Waals surface area contributed by atoms with Crippen molar-refractivity contribution in [1.29, 1.82) is 0 Å². The second kappa shape index (κ2) is 15.1. The molecule has 0 atom stereocenters. The fraction of sp³-hybridized carbons (Fsp3) is 0.824. The number of nitrogens with zero attached hydrogens (tertiary/aromatic N) is 2. The Kier molecular flexibility index (Phi) is 15.2. The van der Waals surface area contributed by atoms with Crippen molar-refractivity contribution < 1.29 is 21.5 Å². The summed E-state index contributed by atoms with van der Waals surface area (Å²) >= 11 is 3.48. The van der Waals surface area contributed by atoms with Gasteiger partial charge in [-0.2, -0.15) is 0 Å². The van der Waals surface area contributed by atoms with Crippen LogP contribution in [0.5, 0.6) is 0 Å². The molecule has 2 nitrogen and oxygen atoms in total. The number of hydrogen-bond donors (Lipinski definition) is 0. The van der Waals surface area contributed by atoms with Crippen LogP contribution in [0.25, 0.3) is 0 Å². The van der Waals surface area contributed by atoms with Gasteiger partial charge in [-0.3, -0.25) is 0 Å². The van der Waals surface area contributed by atoms with Crippen LogP contribution < -0.4 is 21.5 Å². The summed E-state index contributed by atoms with van der Waals surface area (Å²) < 4.78 is 4.65. The predicted molar refractivity (Wildman–Crippen MR) is 90.3 cm³/mol. The summed E-state index contributed by atoms with van der Waals surface area (Å²) in [5, 5.41) is 1.12. The molecule has 1 heterocycles. The summed E-state index contributed by atoms with van der Waals surface area (Å²) in [7, 11) is 0. The third kappa shape index (κ3) is 11.4. The van der Waals surface area contributed by atoms with E-state index in [4.69, 9.17) is 0 Å². The van der Waals surface area contributed by atoms with Gasteiger partial charge in [-0.15, -0.1) is 0 Å². The largest absolute Gasteiger partial charge is 1.00 e. The molecule has 124 valence electrons. The summed E-state index contributed by atoms with van der Waals surface area (Å²) in [6.07, 6.45) is 20.4. The van der Waals surface area contributed by atoms with Crippen LogP contribution in [0, 0.1) is 0 Å². The van der Waals surface area contributed by atoms with Gasteiger partial charge in [-0.05, 0) is 25.7 Å². The minimum atomic E-state index is 0. The number of imidazole rings is 1. The molecule has 0 saturated heterocycles. The number of alkyl halides is 1. The normalized spacial score (nSPS) is 10.6. The molecule has 0 saturated carbocycles. The number of aromatic nitrogens is 2. The molecule has 1 rings (SSSR count). The molecule has 0 fully saturated rings. The van der Waals surface area contributed by atoms with Gasteiger partial charge in [0.2, 0.25) is 6.33 Å². The molecule has 0 aromatic carbocycles.